The van der Waals surface area contributed by atoms with E-state index in [1.165, 1.54) is 12.1 Å². The molecule has 2 aromatic carbocycles. The van der Waals surface area contributed by atoms with Crippen molar-refractivity contribution in [3.05, 3.63) is 51.0 Å². The van der Waals surface area contributed by atoms with E-state index in [-0.39, 0.29) is 5.56 Å². The second-order valence-electron chi connectivity index (χ2n) is 5.11. The van der Waals surface area contributed by atoms with E-state index in [0.717, 1.165) is 10.0 Å². The summed E-state index contributed by atoms with van der Waals surface area (Å²) in [5.74, 6) is 0.334. The van der Waals surface area contributed by atoms with Gasteiger partial charge in [-0.05, 0) is 49.7 Å². The quantitative estimate of drug-likeness (QED) is 0.604. The standard InChI is InChI=1S/C18H19BrClNO4/c1-3-24-16-8-12(13(19)9-17(16)25-4-2)10-21-15-7-11(18(22)23)5-6-14(15)20/h5-9,21H,3-4,10H2,1-2H3,(H,22,23). The van der Waals surface area contributed by atoms with Crippen LogP contribution in [0.5, 0.6) is 11.5 Å². The lowest BCUT2D eigenvalue weighted by Crippen LogP contribution is -2.05. The third-order valence-electron chi connectivity index (χ3n) is 3.40. The highest BCUT2D eigenvalue weighted by Gasteiger charge is 2.12. The van der Waals surface area contributed by atoms with E-state index < -0.39 is 5.97 Å². The van der Waals surface area contributed by atoms with Gasteiger partial charge >= 0.3 is 5.97 Å². The van der Waals surface area contributed by atoms with E-state index in [0.29, 0.717) is 42.0 Å². The molecule has 2 aromatic rings. The first-order valence-corrected chi connectivity index (χ1v) is 8.98. The SMILES string of the molecule is CCOc1cc(Br)c(CNc2cc(C(=O)O)ccc2Cl)cc1OCC. The Morgan fingerprint density at radius 3 is 2.40 bits per heavy atom. The molecule has 0 heterocycles. The van der Waals surface area contributed by atoms with E-state index in [1.54, 1.807) is 6.07 Å². The van der Waals surface area contributed by atoms with Gasteiger partial charge in [0.1, 0.15) is 0 Å². The number of ether oxygens (including phenoxy) is 2. The number of benzene rings is 2. The van der Waals surface area contributed by atoms with Crippen LogP contribution in [-0.2, 0) is 6.54 Å². The lowest BCUT2D eigenvalue weighted by Gasteiger charge is -2.15. The summed E-state index contributed by atoms with van der Waals surface area (Å²) in [4.78, 5) is 11.1. The maximum absolute atomic E-state index is 11.1. The highest BCUT2D eigenvalue weighted by Crippen LogP contribution is 2.34. The topological polar surface area (TPSA) is 67.8 Å². The largest absolute Gasteiger partial charge is 0.490 e. The molecule has 0 aromatic heterocycles. The van der Waals surface area contributed by atoms with Gasteiger partial charge in [0.05, 0.1) is 29.5 Å². The van der Waals surface area contributed by atoms with Gasteiger partial charge in [-0.25, -0.2) is 4.79 Å². The molecule has 0 amide bonds. The van der Waals surface area contributed by atoms with Gasteiger partial charge in [-0.2, -0.15) is 0 Å². The molecular weight excluding hydrogens is 410 g/mol. The smallest absolute Gasteiger partial charge is 0.335 e. The van der Waals surface area contributed by atoms with Crippen LogP contribution in [0.25, 0.3) is 0 Å². The molecule has 0 fully saturated rings. The van der Waals surface area contributed by atoms with Gasteiger partial charge in [0.15, 0.2) is 11.5 Å². The first-order valence-electron chi connectivity index (χ1n) is 7.81. The average Bonchev–Trinajstić information content (AvgIpc) is 2.57. The second kappa shape index (κ2) is 8.97. The summed E-state index contributed by atoms with van der Waals surface area (Å²) < 4.78 is 12.1. The van der Waals surface area contributed by atoms with Crippen molar-refractivity contribution >= 4 is 39.2 Å². The molecule has 0 aliphatic carbocycles. The summed E-state index contributed by atoms with van der Waals surface area (Å²) in [6.45, 7) is 5.34. The van der Waals surface area contributed by atoms with Crippen LogP contribution in [0, 0.1) is 0 Å². The maximum atomic E-state index is 11.1. The number of rotatable bonds is 8. The van der Waals surface area contributed by atoms with Crippen molar-refractivity contribution in [2.45, 2.75) is 20.4 Å². The molecule has 0 radical (unpaired) electrons. The van der Waals surface area contributed by atoms with Crippen LogP contribution in [0.1, 0.15) is 29.8 Å². The Labute approximate surface area is 160 Å². The number of carboxylic acids is 1. The van der Waals surface area contributed by atoms with Gasteiger partial charge in [0.25, 0.3) is 0 Å². The van der Waals surface area contributed by atoms with Gasteiger partial charge in [-0.1, -0.05) is 27.5 Å². The summed E-state index contributed by atoms with van der Waals surface area (Å²) in [7, 11) is 0. The molecule has 0 atom stereocenters. The lowest BCUT2D eigenvalue weighted by molar-refractivity contribution is 0.0697. The molecule has 0 saturated heterocycles. The fourth-order valence-corrected chi connectivity index (χ4v) is 2.88. The molecule has 7 heteroatoms. The fourth-order valence-electron chi connectivity index (χ4n) is 2.23. The van der Waals surface area contributed by atoms with Crippen LogP contribution < -0.4 is 14.8 Å². The van der Waals surface area contributed by atoms with Crippen LogP contribution >= 0.6 is 27.5 Å². The fraction of sp³-hybridized carbons (Fsp3) is 0.278. The molecule has 0 aliphatic rings. The average molecular weight is 429 g/mol. The Morgan fingerprint density at radius 1 is 1.16 bits per heavy atom. The Hall–Kier alpha value is -1.92. The third-order valence-corrected chi connectivity index (χ3v) is 4.46. The summed E-state index contributed by atoms with van der Waals surface area (Å²) >= 11 is 9.67. The normalized spacial score (nSPS) is 10.4. The van der Waals surface area contributed by atoms with Gasteiger partial charge in [-0.3, -0.25) is 0 Å². The number of hydrogen-bond donors (Lipinski definition) is 2. The molecular formula is C18H19BrClNO4. The van der Waals surface area contributed by atoms with E-state index in [4.69, 9.17) is 26.2 Å². The predicted octanol–water partition coefficient (Wildman–Crippen LogP) is 5.21. The summed E-state index contributed by atoms with van der Waals surface area (Å²) in [6, 6.07) is 8.29. The number of nitrogens with one attached hydrogen (secondary N) is 1. The molecule has 0 unspecified atom stereocenters. The van der Waals surface area contributed by atoms with Crippen molar-refractivity contribution in [1.29, 1.82) is 0 Å². The molecule has 2 rings (SSSR count). The number of halogens is 2. The van der Waals surface area contributed by atoms with Crippen molar-refractivity contribution in [2.24, 2.45) is 0 Å². The minimum absolute atomic E-state index is 0.174. The van der Waals surface area contributed by atoms with Gasteiger partial charge < -0.3 is 19.9 Å². The van der Waals surface area contributed by atoms with Crippen LogP contribution in [-0.4, -0.2) is 24.3 Å². The monoisotopic (exact) mass is 427 g/mol. The van der Waals surface area contributed by atoms with Crippen molar-refractivity contribution in [3.8, 4) is 11.5 Å². The minimum Gasteiger partial charge on any atom is -0.490 e. The van der Waals surface area contributed by atoms with Crippen molar-refractivity contribution in [3.63, 3.8) is 0 Å². The van der Waals surface area contributed by atoms with E-state index in [1.807, 2.05) is 26.0 Å². The molecule has 134 valence electrons. The number of carbonyl (C=O) groups is 1. The molecule has 0 saturated carbocycles. The van der Waals surface area contributed by atoms with E-state index in [2.05, 4.69) is 21.2 Å². The van der Waals surface area contributed by atoms with Gasteiger partial charge in [0.2, 0.25) is 0 Å². The summed E-state index contributed by atoms with van der Waals surface area (Å²) in [5.41, 5.74) is 1.66. The number of aromatic carboxylic acids is 1. The predicted molar refractivity (Wildman–Crippen MR) is 102 cm³/mol. The first-order chi connectivity index (χ1) is 12.0. The Bertz CT molecular complexity index is 767. The molecule has 0 spiro atoms. The summed E-state index contributed by atoms with van der Waals surface area (Å²) in [6.07, 6.45) is 0. The van der Waals surface area contributed by atoms with E-state index in [9.17, 15) is 4.79 Å². The number of hydrogen-bond acceptors (Lipinski definition) is 4. The molecule has 0 aliphatic heterocycles. The van der Waals surface area contributed by atoms with Crippen molar-refractivity contribution in [2.75, 3.05) is 18.5 Å². The summed E-state index contributed by atoms with van der Waals surface area (Å²) in [5, 5.41) is 12.7. The molecule has 5 nitrogen and oxygen atoms in total. The van der Waals surface area contributed by atoms with Gasteiger partial charge in [0, 0.05) is 11.0 Å². The zero-order valence-electron chi connectivity index (χ0n) is 13.9. The maximum Gasteiger partial charge on any atom is 0.335 e. The number of carboxylic acid groups (broad SMARTS) is 1. The highest BCUT2D eigenvalue weighted by molar-refractivity contribution is 9.10. The van der Waals surface area contributed by atoms with Crippen LogP contribution in [0.4, 0.5) is 5.69 Å². The van der Waals surface area contributed by atoms with Crippen LogP contribution in [0.3, 0.4) is 0 Å². The molecule has 2 N–H and O–H groups in total. The van der Waals surface area contributed by atoms with Crippen LogP contribution in [0.2, 0.25) is 5.02 Å². The number of anilines is 1. The Balaban J connectivity index is 2.24. The Morgan fingerprint density at radius 2 is 1.80 bits per heavy atom. The van der Waals surface area contributed by atoms with E-state index >= 15 is 0 Å². The zero-order chi connectivity index (χ0) is 18.4. The Kier molecular flexibility index (Phi) is 6.96. The second-order valence-corrected chi connectivity index (χ2v) is 6.37. The first kappa shape index (κ1) is 19.4. The molecule has 25 heavy (non-hydrogen) atoms. The lowest BCUT2D eigenvalue weighted by atomic mass is 10.1. The zero-order valence-corrected chi connectivity index (χ0v) is 16.3. The van der Waals surface area contributed by atoms with Crippen molar-refractivity contribution in [1.82, 2.24) is 0 Å². The third kappa shape index (κ3) is 5.03. The minimum atomic E-state index is -0.999. The highest BCUT2D eigenvalue weighted by atomic mass is 79.9. The molecule has 0 bridgehead atoms. The van der Waals surface area contributed by atoms with Crippen molar-refractivity contribution < 1.29 is 19.4 Å². The van der Waals surface area contributed by atoms with Gasteiger partial charge in [-0.15, -0.1) is 0 Å². The van der Waals surface area contributed by atoms with Crippen LogP contribution in [0.15, 0.2) is 34.8 Å².